The fourth-order valence-electron chi connectivity index (χ4n) is 3.33. The second-order valence-corrected chi connectivity index (χ2v) is 8.37. The number of aryl methyl sites for hydroxylation is 1. The highest BCUT2D eigenvalue weighted by molar-refractivity contribution is 5.84. The van der Waals surface area contributed by atoms with Gasteiger partial charge in [-0.3, -0.25) is 4.68 Å². The van der Waals surface area contributed by atoms with Gasteiger partial charge >= 0.3 is 6.09 Å². The quantitative estimate of drug-likeness (QED) is 0.524. The van der Waals surface area contributed by atoms with Gasteiger partial charge in [0, 0.05) is 54.4 Å². The predicted octanol–water partition coefficient (Wildman–Crippen LogP) is 4.57. The summed E-state index contributed by atoms with van der Waals surface area (Å²) in [7, 11) is 1.86. The van der Waals surface area contributed by atoms with E-state index in [1.807, 2.05) is 37.6 Å². The Hall–Kier alpha value is -3.68. The Morgan fingerprint density at radius 2 is 1.90 bits per heavy atom. The molecule has 0 unspecified atom stereocenters. The van der Waals surface area contributed by atoms with Crippen molar-refractivity contribution >= 4 is 11.6 Å². The van der Waals surface area contributed by atoms with Crippen molar-refractivity contribution in [2.75, 3.05) is 0 Å². The number of nitrogens with zero attached hydrogens (tertiary/aromatic N) is 4. The van der Waals surface area contributed by atoms with Crippen molar-refractivity contribution in [3.63, 3.8) is 0 Å². The van der Waals surface area contributed by atoms with Crippen LogP contribution in [0, 0.1) is 5.82 Å². The Morgan fingerprint density at radius 3 is 2.58 bits per heavy atom. The maximum Gasteiger partial charge on any atom is 0.407 e. The summed E-state index contributed by atoms with van der Waals surface area (Å²) >= 11 is 0. The SMILES string of the molecule is Cn1cc(-c2cc(-c3ccc(CNC(=O)OC(C)(C)C)c(F)c3)c3ccnn3c2)cn1. The van der Waals surface area contributed by atoms with Crippen molar-refractivity contribution < 1.29 is 13.9 Å². The van der Waals surface area contributed by atoms with Gasteiger partial charge in [0.05, 0.1) is 11.7 Å². The summed E-state index contributed by atoms with van der Waals surface area (Å²) in [5.41, 5.74) is 4.08. The standard InChI is InChI=1S/C23H24FN5O2/c1-23(2,3)31-22(30)25-11-16-6-5-15(10-20(16)24)19-9-17(18-12-27-28(4)13-18)14-29-21(19)7-8-26-29/h5-10,12-14H,11H2,1-4H3,(H,25,30). The van der Waals surface area contributed by atoms with Gasteiger partial charge < -0.3 is 10.1 Å². The van der Waals surface area contributed by atoms with Crippen molar-refractivity contribution in [3.05, 3.63) is 66.5 Å². The van der Waals surface area contributed by atoms with Crippen LogP contribution in [0.4, 0.5) is 9.18 Å². The van der Waals surface area contributed by atoms with Crippen molar-refractivity contribution in [1.29, 1.82) is 0 Å². The second-order valence-electron chi connectivity index (χ2n) is 8.37. The number of carbonyl (C=O) groups excluding carboxylic acids is 1. The lowest BCUT2D eigenvalue weighted by Gasteiger charge is -2.19. The number of aromatic nitrogens is 4. The first-order valence-corrected chi connectivity index (χ1v) is 9.92. The normalized spacial score (nSPS) is 11.6. The molecule has 0 saturated carbocycles. The Kier molecular flexibility index (Phi) is 5.22. The predicted molar refractivity (Wildman–Crippen MR) is 116 cm³/mol. The number of amides is 1. The van der Waals surface area contributed by atoms with Crippen LogP contribution >= 0.6 is 0 Å². The zero-order chi connectivity index (χ0) is 22.2. The van der Waals surface area contributed by atoms with Gasteiger partial charge in [-0.05, 0) is 44.5 Å². The van der Waals surface area contributed by atoms with E-state index in [4.69, 9.17) is 4.74 Å². The molecule has 0 fully saturated rings. The minimum atomic E-state index is -0.609. The maximum absolute atomic E-state index is 14.8. The lowest BCUT2D eigenvalue weighted by atomic mass is 10.00. The molecule has 1 aromatic carbocycles. The van der Waals surface area contributed by atoms with E-state index in [1.54, 1.807) is 48.4 Å². The van der Waals surface area contributed by atoms with E-state index in [1.165, 1.54) is 6.07 Å². The molecule has 4 rings (SSSR count). The Balaban J connectivity index is 1.63. The van der Waals surface area contributed by atoms with Crippen molar-refractivity contribution in [1.82, 2.24) is 24.7 Å². The first-order chi connectivity index (χ1) is 14.7. The third-order valence-corrected chi connectivity index (χ3v) is 4.73. The molecule has 3 aromatic heterocycles. The molecule has 0 aliphatic heterocycles. The highest BCUT2D eigenvalue weighted by atomic mass is 19.1. The molecule has 1 N–H and O–H groups in total. The zero-order valence-corrected chi connectivity index (χ0v) is 17.9. The van der Waals surface area contributed by atoms with E-state index >= 15 is 0 Å². The Morgan fingerprint density at radius 1 is 1.10 bits per heavy atom. The summed E-state index contributed by atoms with van der Waals surface area (Å²) in [4.78, 5) is 11.9. The molecule has 4 aromatic rings. The van der Waals surface area contributed by atoms with Crippen LogP contribution in [-0.4, -0.2) is 31.1 Å². The van der Waals surface area contributed by atoms with Crippen molar-refractivity contribution in [2.45, 2.75) is 32.9 Å². The summed E-state index contributed by atoms with van der Waals surface area (Å²) in [5.74, 6) is -0.405. The number of hydrogen-bond donors (Lipinski definition) is 1. The van der Waals surface area contributed by atoms with Crippen LogP contribution < -0.4 is 5.32 Å². The van der Waals surface area contributed by atoms with Crippen LogP contribution in [0.3, 0.4) is 0 Å². The van der Waals surface area contributed by atoms with Crippen LogP contribution in [0.25, 0.3) is 27.8 Å². The third kappa shape index (κ3) is 4.58. The van der Waals surface area contributed by atoms with Crippen LogP contribution in [0.15, 0.2) is 55.1 Å². The molecule has 160 valence electrons. The highest BCUT2D eigenvalue weighted by Crippen LogP contribution is 2.31. The largest absolute Gasteiger partial charge is 0.444 e. The minimum Gasteiger partial charge on any atom is -0.444 e. The van der Waals surface area contributed by atoms with Crippen molar-refractivity contribution in [2.24, 2.45) is 7.05 Å². The van der Waals surface area contributed by atoms with Gasteiger partial charge in [0.15, 0.2) is 0 Å². The van der Waals surface area contributed by atoms with Gasteiger partial charge in [-0.1, -0.05) is 12.1 Å². The Labute approximate surface area is 179 Å². The van der Waals surface area contributed by atoms with Gasteiger partial charge in [-0.15, -0.1) is 0 Å². The highest BCUT2D eigenvalue weighted by Gasteiger charge is 2.17. The molecule has 0 atom stereocenters. The van der Waals surface area contributed by atoms with Crippen LogP contribution in [-0.2, 0) is 18.3 Å². The number of hydrogen-bond acceptors (Lipinski definition) is 4. The number of alkyl carbamates (subject to hydrolysis) is 1. The van der Waals surface area contributed by atoms with Gasteiger partial charge in [0.25, 0.3) is 0 Å². The second kappa shape index (κ2) is 7.86. The summed E-state index contributed by atoms with van der Waals surface area (Å²) in [5, 5.41) is 11.2. The number of carbonyl (C=O) groups is 1. The maximum atomic E-state index is 14.8. The number of ether oxygens (including phenoxy) is 1. The van der Waals surface area contributed by atoms with Crippen LogP contribution in [0.1, 0.15) is 26.3 Å². The lowest BCUT2D eigenvalue weighted by molar-refractivity contribution is 0.0523. The number of rotatable bonds is 4. The molecule has 0 bridgehead atoms. The number of benzene rings is 1. The molecular weight excluding hydrogens is 397 g/mol. The molecule has 0 aliphatic rings. The molecule has 8 heteroatoms. The lowest BCUT2D eigenvalue weighted by Crippen LogP contribution is -2.32. The molecule has 31 heavy (non-hydrogen) atoms. The minimum absolute atomic E-state index is 0.0405. The molecule has 0 spiro atoms. The number of nitrogens with one attached hydrogen (secondary N) is 1. The van der Waals surface area contributed by atoms with Gasteiger partial charge in [-0.25, -0.2) is 13.7 Å². The van der Waals surface area contributed by atoms with Gasteiger partial charge in [0.2, 0.25) is 0 Å². The number of halogens is 1. The third-order valence-electron chi connectivity index (χ3n) is 4.73. The van der Waals surface area contributed by atoms with Crippen LogP contribution in [0.2, 0.25) is 0 Å². The summed E-state index contributed by atoms with van der Waals surface area (Å²) in [6, 6.07) is 8.87. The summed E-state index contributed by atoms with van der Waals surface area (Å²) in [6.07, 6.45) is 6.74. The van der Waals surface area contributed by atoms with E-state index in [0.29, 0.717) is 5.56 Å². The molecule has 0 radical (unpaired) electrons. The zero-order valence-electron chi connectivity index (χ0n) is 17.9. The molecule has 1 amide bonds. The molecular formula is C23H24FN5O2. The smallest absolute Gasteiger partial charge is 0.407 e. The fraction of sp³-hybridized carbons (Fsp3) is 0.261. The summed E-state index contributed by atoms with van der Waals surface area (Å²) < 4.78 is 23.6. The topological polar surface area (TPSA) is 73.5 Å². The van der Waals surface area contributed by atoms with Crippen molar-refractivity contribution in [3.8, 4) is 22.3 Å². The molecule has 0 saturated heterocycles. The molecule has 3 heterocycles. The molecule has 7 nitrogen and oxygen atoms in total. The number of pyridine rings is 1. The Bertz CT molecular complexity index is 1250. The van der Waals surface area contributed by atoms with E-state index in [2.05, 4.69) is 15.5 Å². The monoisotopic (exact) mass is 421 g/mol. The molecule has 0 aliphatic carbocycles. The fourth-order valence-corrected chi connectivity index (χ4v) is 3.33. The summed E-state index contributed by atoms with van der Waals surface area (Å²) in [6.45, 7) is 5.37. The van der Waals surface area contributed by atoms with E-state index < -0.39 is 17.5 Å². The van der Waals surface area contributed by atoms with E-state index in [9.17, 15) is 9.18 Å². The van der Waals surface area contributed by atoms with E-state index in [-0.39, 0.29) is 6.54 Å². The first kappa shape index (κ1) is 20.6. The van der Waals surface area contributed by atoms with Gasteiger partial charge in [-0.2, -0.15) is 10.2 Å². The van der Waals surface area contributed by atoms with Gasteiger partial charge in [0.1, 0.15) is 11.4 Å². The first-order valence-electron chi connectivity index (χ1n) is 9.92. The average Bonchev–Trinajstić information content (AvgIpc) is 3.33. The average molecular weight is 421 g/mol. The van der Waals surface area contributed by atoms with E-state index in [0.717, 1.165) is 27.8 Å². The van der Waals surface area contributed by atoms with Crippen LogP contribution in [0.5, 0.6) is 0 Å². The number of fused-ring (bicyclic) bond motifs is 1.